The number of hydrogen-bond donors (Lipinski definition) is 4. The van der Waals surface area contributed by atoms with Crippen molar-refractivity contribution in [1.82, 2.24) is 20.3 Å². The summed E-state index contributed by atoms with van der Waals surface area (Å²) in [5.74, 6) is -4.06. The zero-order valence-electron chi connectivity index (χ0n) is 20.8. The van der Waals surface area contributed by atoms with Crippen LogP contribution in [0.1, 0.15) is 41.0 Å². The average Bonchev–Trinajstić information content (AvgIpc) is 2.77. The first-order valence-corrected chi connectivity index (χ1v) is 12.8. The molecule has 4 N–H and O–H groups in total. The summed E-state index contributed by atoms with van der Waals surface area (Å²) in [7, 11) is -2.90. The van der Waals surface area contributed by atoms with Gasteiger partial charge in [0.05, 0.1) is 10.8 Å². The first kappa shape index (κ1) is 28.2. The SMILES string of the molecule is CNC(=O)[C@@H](NC(=O)[C@H](CC(C)C)[C@H](NS(=O)(=O)c1cccc2cnccc12)C(=O)O)C(C)(C)C. The first-order valence-electron chi connectivity index (χ1n) is 11.3. The summed E-state index contributed by atoms with van der Waals surface area (Å²) in [5, 5.41) is 16.1. The third kappa shape index (κ3) is 6.98. The van der Waals surface area contributed by atoms with Gasteiger partial charge in [-0.3, -0.25) is 19.4 Å². The molecule has 11 heteroatoms. The van der Waals surface area contributed by atoms with E-state index in [0.717, 1.165) is 0 Å². The van der Waals surface area contributed by atoms with E-state index in [1.54, 1.807) is 40.7 Å². The molecule has 0 bridgehead atoms. The fraction of sp³-hybridized carbons (Fsp3) is 0.500. The summed E-state index contributed by atoms with van der Waals surface area (Å²) in [6.07, 6.45) is 3.02. The molecule has 0 aliphatic heterocycles. The van der Waals surface area contributed by atoms with Crippen molar-refractivity contribution in [2.75, 3.05) is 7.05 Å². The minimum atomic E-state index is -4.34. The molecule has 2 aromatic rings. The van der Waals surface area contributed by atoms with E-state index < -0.39 is 51.2 Å². The van der Waals surface area contributed by atoms with E-state index in [4.69, 9.17) is 0 Å². The molecule has 0 saturated heterocycles. The highest BCUT2D eigenvalue weighted by atomic mass is 32.2. The maximum absolute atomic E-state index is 13.3. The largest absolute Gasteiger partial charge is 0.480 e. The fourth-order valence-electron chi connectivity index (χ4n) is 3.83. The Balaban J connectivity index is 2.48. The van der Waals surface area contributed by atoms with Gasteiger partial charge in [0, 0.05) is 30.2 Å². The van der Waals surface area contributed by atoms with Crippen molar-refractivity contribution in [2.45, 2.75) is 58.0 Å². The van der Waals surface area contributed by atoms with Gasteiger partial charge < -0.3 is 15.7 Å². The minimum absolute atomic E-state index is 0.0788. The van der Waals surface area contributed by atoms with E-state index in [2.05, 4.69) is 20.3 Å². The molecule has 0 spiro atoms. The number of likely N-dealkylation sites (N-methyl/N-ethyl adjacent to an activating group) is 1. The van der Waals surface area contributed by atoms with Crippen LogP contribution < -0.4 is 15.4 Å². The third-order valence-electron chi connectivity index (χ3n) is 5.60. The summed E-state index contributed by atoms with van der Waals surface area (Å²) in [6.45, 7) is 8.88. The Bertz CT molecular complexity index is 1180. The van der Waals surface area contributed by atoms with Crippen LogP contribution in [-0.4, -0.2) is 55.4 Å². The molecule has 3 atom stereocenters. The third-order valence-corrected chi connectivity index (χ3v) is 7.10. The van der Waals surface area contributed by atoms with Gasteiger partial charge in [-0.05, 0) is 29.9 Å². The molecular formula is C24H34N4O6S. The Labute approximate surface area is 205 Å². The second-order valence-corrected chi connectivity index (χ2v) is 11.6. The van der Waals surface area contributed by atoms with E-state index >= 15 is 0 Å². The highest BCUT2D eigenvalue weighted by Gasteiger charge is 2.41. The number of carboxylic acid groups (broad SMARTS) is 1. The lowest BCUT2D eigenvalue weighted by Gasteiger charge is -2.33. The van der Waals surface area contributed by atoms with Gasteiger partial charge in [-0.25, -0.2) is 8.42 Å². The van der Waals surface area contributed by atoms with Crippen molar-refractivity contribution < 1.29 is 27.9 Å². The number of sulfonamides is 1. The number of carbonyl (C=O) groups excluding carboxylic acids is 2. The Morgan fingerprint density at radius 1 is 1.09 bits per heavy atom. The molecule has 2 rings (SSSR count). The number of aliphatic carboxylic acids is 1. The van der Waals surface area contributed by atoms with Crippen molar-refractivity contribution in [2.24, 2.45) is 17.3 Å². The van der Waals surface area contributed by atoms with Gasteiger partial charge in [0.25, 0.3) is 0 Å². The van der Waals surface area contributed by atoms with Gasteiger partial charge >= 0.3 is 5.97 Å². The zero-order valence-corrected chi connectivity index (χ0v) is 21.6. The lowest BCUT2D eigenvalue weighted by atomic mass is 9.84. The Hall–Kier alpha value is -3.05. The summed E-state index contributed by atoms with van der Waals surface area (Å²) < 4.78 is 28.9. The van der Waals surface area contributed by atoms with Crippen LogP contribution >= 0.6 is 0 Å². The Morgan fingerprint density at radius 3 is 2.29 bits per heavy atom. The monoisotopic (exact) mass is 506 g/mol. The number of carbonyl (C=O) groups is 3. The van der Waals surface area contributed by atoms with Gasteiger partial charge in [-0.15, -0.1) is 0 Å². The molecule has 0 radical (unpaired) electrons. The van der Waals surface area contributed by atoms with Crippen molar-refractivity contribution in [3.8, 4) is 0 Å². The number of aromatic nitrogens is 1. The van der Waals surface area contributed by atoms with Gasteiger partial charge in [0.15, 0.2) is 0 Å². The number of amides is 2. The molecule has 0 aliphatic carbocycles. The fourth-order valence-corrected chi connectivity index (χ4v) is 5.29. The quantitative estimate of drug-likeness (QED) is 0.384. The van der Waals surface area contributed by atoms with E-state index in [0.29, 0.717) is 10.8 Å². The Morgan fingerprint density at radius 2 is 1.74 bits per heavy atom. The van der Waals surface area contributed by atoms with Crippen LogP contribution in [-0.2, 0) is 24.4 Å². The number of nitrogens with one attached hydrogen (secondary N) is 3. The van der Waals surface area contributed by atoms with E-state index in [-0.39, 0.29) is 17.2 Å². The number of nitrogens with zero attached hydrogens (tertiary/aromatic N) is 1. The molecule has 10 nitrogen and oxygen atoms in total. The molecule has 0 aliphatic rings. The van der Waals surface area contributed by atoms with Crippen LogP contribution in [0.3, 0.4) is 0 Å². The average molecular weight is 507 g/mol. The number of hydrogen-bond acceptors (Lipinski definition) is 6. The lowest BCUT2D eigenvalue weighted by molar-refractivity contribution is -0.144. The zero-order chi connectivity index (χ0) is 26.6. The summed E-state index contributed by atoms with van der Waals surface area (Å²) in [5.41, 5.74) is -0.673. The van der Waals surface area contributed by atoms with Crippen molar-refractivity contribution in [1.29, 1.82) is 0 Å². The van der Waals surface area contributed by atoms with E-state index in [1.165, 1.54) is 37.6 Å². The first-order chi connectivity index (χ1) is 16.2. The molecule has 2 amide bonds. The Kier molecular flexibility index (Phi) is 8.96. The second kappa shape index (κ2) is 11.1. The van der Waals surface area contributed by atoms with Gasteiger partial charge in [0.2, 0.25) is 21.8 Å². The van der Waals surface area contributed by atoms with Crippen LogP contribution in [0.15, 0.2) is 41.6 Å². The smallest absolute Gasteiger partial charge is 0.322 e. The number of fused-ring (bicyclic) bond motifs is 1. The van der Waals surface area contributed by atoms with Crippen LogP contribution in [0.25, 0.3) is 10.8 Å². The van der Waals surface area contributed by atoms with Crippen molar-refractivity contribution in [3.63, 3.8) is 0 Å². The van der Waals surface area contributed by atoms with Crippen LogP contribution in [0.4, 0.5) is 0 Å². The normalized spacial score (nSPS) is 14.8. The molecule has 0 unspecified atom stereocenters. The topological polar surface area (TPSA) is 155 Å². The molecular weight excluding hydrogens is 472 g/mol. The predicted molar refractivity (Wildman–Crippen MR) is 132 cm³/mol. The number of rotatable bonds is 10. The van der Waals surface area contributed by atoms with E-state index in [9.17, 15) is 27.9 Å². The lowest BCUT2D eigenvalue weighted by Crippen LogP contribution is -2.58. The molecule has 1 heterocycles. The van der Waals surface area contributed by atoms with Gasteiger partial charge in [0.1, 0.15) is 12.1 Å². The van der Waals surface area contributed by atoms with E-state index in [1.807, 2.05) is 0 Å². The number of carboxylic acids is 1. The minimum Gasteiger partial charge on any atom is -0.480 e. The maximum atomic E-state index is 13.3. The van der Waals surface area contributed by atoms with Gasteiger partial charge in [-0.2, -0.15) is 4.72 Å². The van der Waals surface area contributed by atoms with Gasteiger partial charge in [-0.1, -0.05) is 46.8 Å². The maximum Gasteiger partial charge on any atom is 0.322 e. The molecule has 35 heavy (non-hydrogen) atoms. The predicted octanol–water partition coefficient (Wildman–Crippen LogP) is 1.91. The molecule has 0 saturated carbocycles. The van der Waals surface area contributed by atoms with Crippen molar-refractivity contribution in [3.05, 3.63) is 36.7 Å². The van der Waals surface area contributed by atoms with Crippen LogP contribution in [0.2, 0.25) is 0 Å². The molecule has 0 fully saturated rings. The molecule has 1 aromatic heterocycles. The standard InChI is InChI=1S/C24H34N4O6S/c1-14(2)12-17(21(29)27-20(22(30)25-6)24(3,4)5)19(23(31)32)28-35(33,34)18-9-7-8-15-13-26-11-10-16(15)18/h7-11,13-14,17,19-20,28H,12H2,1-6H3,(H,25,30)(H,27,29)(H,31,32)/t17-,19+,20-/m1/s1. The number of benzene rings is 1. The summed E-state index contributed by atoms with van der Waals surface area (Å²) in [6, 6.07) is 3.40. The highest BCUT2D eigenvalue weighted by molar-refractivity contribution is 7.89. The molecule has 1 aromatic carbocycles. The number of pyridine rings is 1. The van der Waals surface area contributed by atoms with Crippen molar-refractivity contribution >= 4 is 38.6 Å². The summed E-state index contributed by atoms with van der Waals surface area (Å²) in [4.78, 5) is 41.9. The molecule has 192 valence electrons. The second-order valence-electron chi connectivity index (χ2n) is 9.95. The van der Waals surface area contributed by atoms with Crippen LogP contribution in [0, 0.1) is 17.3 Å². The highest BCUT2D eigenvalue weighted by Crippen LogP contribution is 2.25. The summed E-state index contributed by atoms with van der Waals surface area (Å²) >= 11 is 0. The van der Waals surface area contributed by atoms with Crippen LogP contribution in [0.5, 0.6) is 0 Å².